The van der Waals surface area contributed by atoms with Gasteiger partial charge in [0.1, 0.15) is 30.7 Å². The molecule has 0 radical (unpaired) electrons. The van der Waals surface area contributed by atoms with Gasteiger partial charge < -0.3 is 41.6 Å². The maximum absolute atomic E-state index is 13.4. The summed E-state index contributed by atoms with van der Waals surface area (Å²) in [6, 6.07) is 26.0. The molecular formula is C46H44F8N8O7. The van der Waals surface area contributed by atoms with Crippen LogP contribution in [0.5, 0.6) is 0 Å². The summed E-state index contributed by atoms with van der Waals surface area (Å²) in [5.41, 5.74) is 9.70. The van der Waals surface area contributed by atoms with Gasteiger partial charge in [-0.05, 0) is 77.4 Å². The Balaban J connectivity index is 0.000000223. The van der Waals surface area contributed by atoms with Crippen molar-refractivity contribution in [3.8, 4) is 16.9 Å². The van der Waals surface area contributed by atoms with Crippen LogP contribution in [0.1, 0.15) is 29.5 Å². The minimum Gasteiger partial charge on any atom is -0.481 e. The van der Waals surface area contributed by atoms with Gasteiger partial charge >= 0.3 is 18.3 Å². The molecule has 0 aliphatic carbocycles. The normalized spacial score (nSPS) is 15.7. The van der Waals surface area contributed by atoms with Crippen molar-refractivity contribution < 1.29 is 68.9 Å². The van der Waals surface area contributed by atoms with Gasteiger partial charge in [-0.1, -0.05) is 36.4 Å². The molecule has 69 heavy (non-hydrogen) atoms. The second kappa shape index (κ2) is 23.9. The molecule has 8 N–H and O–H groups in total. The van der Waals surface area contributed by atoms with E-state index >= 15 is 0 Å². The number of hydrogen-bond acceptors (Lipinski definition) is 9. The van der Waals surface area contributed by atoms with Crippen LogP contribution < -0.4 is 27.0 Å². The molecule has 1 aromatic heterocycles. The third-order valence-electron chi connectivity index (χ3n) is 9.66. The number of carbonyl (C=O) groups excluding carboxylic acids is 3. The Bertz CT molecular complexity index is 2620. The fraction of sp³-hybridized carbons (Fsp3) is 0.261. The monoisotopic (exact) mass is 972 g/mol. The second-order valence-corrected chi connectivity index (χ2v) is 15.3. The average molecular weight is 973 g/mol. The zero-order valence-electron chi connectivity index (χ0n) is 36.1. The molecule has 2 aliphatic heterocycles. The fourth-order valence-electron chi connectivity index (χ4n) is 6.48. The Labute approximate surface area is 388 Å². The number of benzene rings is 4. The number of carbonyl (C=O) groups is 4. The zero-order valence-corrected chi connectivity index (χ0v) is 36.1. The summed E-state index contributed by atoms with van der Waals surface area (Å²) in [5, 5.41) is 31.0. The molecule has 0 saturated carbocycles. The highest BCUT2D eigenvalue weighted by atomic mass is 19.4. The number of anilines is 2. The molecule has 2 fully saturated rings. The maximum atomic E-state index is 13.4. The lowest BCUT2D eigenvalue weighted by atomic mass is 10.1. The molecule has 7 rings (SSSR count). The van der Waals surface area contributed by atoms with E-state index < -0.39 is 55.0 Å². The first-order valence-electron chi connectivity index (χ1n) is 20.6. The van der Waals surface area contributed by atoms with E-state index in [0.29, 0.717) is 45.0 Å². The van der Waals surface area contributed by atoms with E-state index in [-0.39, 0.29) is 68.5 Å². The number of amidine groups is 1. The van der Waals surface area contributed by atoms with E-state index in [9.17, 15) is 54.3 Å². The molecular weight excluding hydrogens is 929 g/mol. The first kappa shape index (κ1) is 52.3. The van der Waals surface area contributed by atoms with Crippen LogP contribution in [0.4, 0.5) is 46.6 Å². The van der Waals surface area contributed by atoms with Gasteiger partial charge in [-0.25, -0.2) is 13.5 Å². The number of ether oxygens (including phenoxy) is 2. The van der Waals surface area contributed by atoms with Crippen LogP contribution in [-0.4, -0.2) is 83.1 Å². The Morgan fingerprint density at radius 3 is 1.81 bits per heavy atom. The van der Waals surface area contributed by atoms with Crippen molar-refractivity contribution in [2.45, 2.75) is 38.4 Å². The highest BCUT2D eigenvalue weighted by molar-refractivity contribution is 5.98. The first-order chi connectivity index (χ1) is 32.6. The van der Waals surface area contributed by atoms with Crippen molar-refractivity contribution in [1.82, 2.24) is 20.4 Å². The number of carboxylic acids is 1. The molecule has 2 saturated heterocycles. The summed E-state index contributed by atoms with van der Waals surface area (Å²) in [7, 11) is 0. The van der Waals surface area contributed by atoms with Crippen molar-refractivity contribution in [3.05, 3.63) is 138 Å². The van der Waals surface area contributed by atoms with Gasteiger partial charge in [0.25, 0.3) is 0 Å². The van der Waals surface area contributed by atoms with E-state index in [1.165, 1.54) is 59.3 Å². The predicted octanol–water partition coefficient (Wildman–Crippen LogP) is 7.33. The van der Waals surface area contributed by atoms with Crippen LogP contribution in [0.3, 0.4) is 0 Å². The molecule has 2 aliphatic rings. The minimum atomic E-state index is -4.43. The summed E-state index contributed by atoms with van der Waals surface area (Å²) in [6.07, 6.45) is -7.24. The summed E-state index contributed by atoms with van der Waals surface area (Å²) in [4.78, 5) is 44.5. The number of halogens is 8. The number of alkyl halides is 6. The Kier molecular flexibility index (Phi) is 18.1. The molecule has 2 atom stereocenters. The lowest BCUT2D eigenvalue weighted by Crippen LogP contribution is -2.24. The quantitative estimate of drug-likeness (QED) is 0.0314. The number of amides is 3. The number of hydrogen-bond donors (Lipinski definition) is 7. The van der Waals surface area contributed by atoms with Crippen LogP contribution in [0, 0.1) is 28.9 Å². The van der Waals surface area contributed by atoms with Crippen molar-refractivity contribution in [2.24, 2.45) is 17.6 Å². The first-order valence-corrected chi connectivity index (χ1v) is 20.6. The Morgan fingerprint density at radius 2 is 1.30 bits per heavy atom. The predicted molar refractivity (Wildman–Crippen MR) is 235 cm³/mol. The second-order valence-electron chi connectivity index (χ2n) is 15.3. The number of nitrogens with two attached hydrogens (primary N) is 1. The average Bonchev–Trinajstić information content (AvgIpc) is 4.04. The van der Waals surface area contributed by atoms with Gasteiger partial charge in [0.2, 0.25) is 17.7 Å². The van der Waals surface area contributed by atoms with Crippen molar-refractivity contribution in [3.63, 3.8) is 0 Å². The number of aromatic nitrogens is 2. The van der Waals surface area contributed by atoms with E-state index in [1.807, 2.05) is 0 Å². The third kappa shape index (κ3) is 17.5. The van der Waals surface area contributed by atoms with Crippen molar-refractivity contribution in [1.29, 1.82) is 5.41 Å². The summed E-state index contributed by atoms with van der Waals surface area (Å²) in [5.74, 6) is -3.50. The molecule has 366 valence electrons. The number of aliphatic carboxylic acids is 1. The van der Waals surface area contributed by atoms with E-state index in [4.69, 9.17) is 21.0 Å². The van der Waals surface area contributed by atoms with Gasteiger partial charge in [-0.2, -0.15) is 26.3 Å². The summed E-state index contributed by atoms with van der Waals surface area (Å²) < 4.78 is 111. The van der Waals surface area contributed by atoms with E-state index in [2.05, 4.69) is 31.1 Å². The molecule has 0 bridgehead atoms. The summed E-state index contributed by atoms with van der Waals surface area (Å²) >= 11 is 0. The van der Waals surface area contributed by atoms with Crippen LogP contribution in [-0.2, 0) is 41.9 Å². The Hall–Kier alpha value is -7.66. The molecule has 5 aromatic rings. The Morgan fingerprint density at radius 1 is 0.768 bits per heavy atom. The van der Waals surface area contributed by atoms with Crippen molar-refractivity contribution in [2.75, 3.05) is 36.9 Å². The minimum absolute atomic E-state index is 0.0807. The van der Waals surface area contributed by atoms with Gasteiger partial charge in [0, 0.05) is 55.0 Å². The standard InChI is InChI=1S/C23H20F4N4O3.C18H17F4N3O.C5H7NO3/c24-17-4-6-18(7-5-17)31-19(10-20(30-31)29-22(33)16-9-21(32)28-11-16)15-3-1-2-14(8-15)12-34-13-23(25,26)27;19-14-4-6-15(7-5-14)25-16(9-17(23)24)13-3-1-2-12(8-13)10-26-11-18(20,21)22;7-4-1-3(2-6-4)5(8)9/h1-8,10,16H,9,11-13H2,(H,28,32)(H,29,30,33);1-9,25H,10-11H2,(H3,23,24);3H,1-2H2,(H,6,7)(H,8,9)/b;16-9-;/t16-;;3-/m0.0/s1. The van der Waals surface area contributed by atoms with Gasteiger partial charge in [-0.15, -0.1) is 5.10 Å². The molecule has 3 amide bonds. The van der Waals surface area contributed by atoms with Crippen LogP contribution >= 0.6 is 0 Å². The zero-order chi connectivity index (χ0) is 50.3. The lowest BCUT2D eigenvalue weighted by Gasteiger charge is -2.13. The smallest absolute Gasteiger partial charge is 0.411 e. The van der Waals surface area contributed by atoms with E-state index in [1.54, 1.807) is 54.6 Å². The van der Waals surface area contributed by atoms with E-state index in [0.717, 1.165) is 0 Å². The summed E-state index contributed by atoms with van der Waals surface area (Å²) in [6.45, 7) is -2.63. The highest BCUT2D eigenvalue weighted by Crippen LogP contribution is 2.29. The number of carboxylic acid groups (broad SMARTS) is 1. The number of rotatable bonds is 15. The molecule has 15 nitrogen and oxygen atoms in total. The number of nitrogens with zero attached hydrogens (tertiary/aromatic N) is 2. The molecule has 0 spiro atoms. The highest BCUT2D eigenvalue weighted by Gasteiger charge is 2.30. The lowest BCUT2D eigenvalue weighted by molar-refractivity contribution is -0.177. The van der Waals surface area contributed by atoms with Crippen molar-refractivity contribution >= 4 is 46.7 Å². The largest absolute Gasteiger partial charge is 0.481 e. The van der Waals surface area contributed by atoms with Gasteiger partial charge in [-0.3, -0.25) is 24.6 Å². The van der Waals surface area contributed by atoms with Gasteiger partial charge in [0.15, 0.2) is 5.82 Å². The molecule has 3 heterocycles. The molecule has 0 unspecified atom stereocenters. The number of nitrogens with one attached hydrogen (secondary N) is 5. The SMILES string of the molecule is N=C(N)/C=C(\Nc1ccc(F)cc1)c1cccc(COCC(F)(F)F)c1.O=C1C[C@H](C(=O)Nc2cc(-c3cccc(COCC(F)(F)F)c3)n(-c3ccc(F)cc3)n2)CN1.O=C1C[C@H](C(=O)O)CN1. The topological polar surface area (TPSA) is 223 Å². The third-order valence-corrected chi connectivity index (χ3v) is 9.66. The van der Waals surface area contributed by atoms with Crippen LogP contribution in [0.2, 0.25) is 0 Å². The van der Waals surface area contributed by atoms with Crippen LogP contribution in [0.15, 0.2) is 109 Å². The van der Waals surface area contributed by atoms with Crippen LogP contribution in [0.25, 0.3) is 22.6 Å². The molecule has 4 aromatic carbocycles. The van der Waals surface area contributed by atoms with Gasteiger partial charge in [0.05, 0.1) is 36.4 Å². The maximum Gasteiger partial charge on any atom is 0.411 e. The molecule has 23 heteroatoms. The fourth-order valence-corrected chi connectivity index (χ4v) is 6.48.